The Labute approximate surface area is 98.6 Å². The fourth-order valence-corrected chi connectivity index (χ4v) is 2.35. The first-order valence-corrected chi connectivity index (χ1v) is 5.79. The number of hydrogen-bond acceptors (Lipinski definition) is 1. The lowest BCUT2D eigenvalue weighted by Gasteiger charge is -2.24. The number of rotatable bonds is 2. The number of ether oxygens (including phenoxy) is 1. The van der Waals surface area contributed by atoms with Gasteiger partial charge in [0.05, 0.1) is 0 Å². The molecule has 0 spiro atoms. The molecule has 2 rings (SSSR count). The van der Waals surface area contributed by atoms with E-state index in [0.29, 0.717) is 11.7 Å². The molecule has 1 aromatic rings. The van der Waals surface area contributed by atoms with Crippen LogP contribution in [0.5, 0.6) is 5.75 Å². The van der Waals surface area contributed by atoms with E-state index in [0.717, 1.165) is 30.4 Å². The second kappa shape index (κ2) is 4.59. The predicted molar refractivity (Wildman–Crippen MR) is 59.3 cm³/mol. The fourth-order valence-electron chi connectivity index (χ4n) is 2.35. The molecule has 94 valence electrons. The topological polar surface area (TPSA) is 9.23 Å². The Morgan fingerprint density at radius 2 is 2.12 bits per heavy atom. The van der Waals surface area contributed by atoms with Gasteiger partial charge in [-0.05, 0) is 42.4 Å². The standard InChI is InChI=1S/C13H15F3O/c1-9-4-2-6-11-10(9)5-3-7-12(11)17-8-13(14,15)16/h3,5,7,9H,2,4,6,8H2,1H3. The lowest BCUT2D eigenvalue weighted by molar-refractivity contribution is -0.153. The van der Waals surface area contributed by atoms with Crippen molar-refractivity contribution in [2.45, 2.75) is 38.3 Å². The highest BCUT2D eigenvalue weighted by Gasteiger charge is 2.29. The number of benzene rings is 1. The van der Waals surface area contributed by atoms with Gasteiger partial charge in [-0.25, -0.2) is 0 Å². The Morgan fingerprint density at radius 3 is 2.82 bits per heavy atom. The van der Waals surface area contributed by atoms with Gasteiger partial charge in [-0.1, -0.05) is 19.1 Å². The maximum absolute atomic E-state index is 12.1. The smallest absolute Gasteiger partial charge is 0.422 e. The van der Waals surface area contributed by atoms with Crippen molar-refractivity contribution in [3.8, 4) is 5.75 Å². The Hall–Kier alpha value is -1.19. The van der Waals surface area contributed by atoms with Crippen LogP contribution in [0.15, 0.2) is 18.2 Å². The van der Waals surface area contributed by atoms with E-state index in [1.807, 2.05) is 6.07 Å². The molecule has 0 aromatic heterocycles. The molecule has 1 aliphatic carbocycles. The van der Waals surface area contributed by atoms with E-state index in [4.69, 9.17) is 4.74 Å². The first-order chi connectivity index (χ1) is 7.97. The zero-order valence-corrected chi connectivity index (χ0v) is 9.68. The lowest BCUT2D eigenvalue weighted by Crippen LogP contribution is -2.20. The van der Waals surface area contributed by atoms with Gasteiger partial charge in [0.2, 0.25) is 0 Å². The van der Waals surface area contributed by atoms with Crippen LogP contribution in [0.25, 0.3) is 0 Å². The predicted octanol–water partition coefficient (Wildman–Crippen LogP) is 4.07. The first-order valence-electron chi connectivity index (χ1n) is 5.79. The molecule has 1 nitrogen and oxygen atoms in total. The Bertz CT molecular complexity index is 398. The molecule has 0 aliphatic heterocycles. The van der Waals surface area contributed by atoms with Gasteiger partial charge < -0.3 is 4.74 Å². The van der Waals surface area contributed by atoms with Crippen LogP contribution in [-0.2, 0) is 6.42 Å². The number of alkyl halides is 3. The Balaban J connectivity index is 2.21. The quantitative estimate of drug-likeness (QED) is 0.762. The highest BCUT2D eigenvalue weighted by atomic mass is 19.4. The minimum Gasteiger partial charge on any atom is -0.484 e. The van der Waals surface area contributed by atoms with E-state index in [2.05, 4.69) is 6.92 Å². The van der Waals surface area contributed by atoms with Crippen LogP contribution < -0.4 is 4.74 Å². The van der Waals surface area contributed by atoms with Crippen molar-refractivity contribution in [2.75, 3.05) is 6.61 Å². The van der Waals surface area contributed by atoms with Crippen molar-refractivity contribution < 1.29 is 17.9 Å². The summed E-state index contributed by atoms with van der Waals surface area (Å²) in [5.41, 5.74) is 2.09. The number of hydrogen-bond donors (Lipinski definition) is 0. The average Bonchev–Trinajstić information content (AvgIpc) is 2.26. The van der Waals surface area contributed by atoms with Crippen molar-refractivity contribution in [2.24, 2.45) is 0 Å². The van der Waals surface area contributed by atoms with Crippen LogP contribution in [-0.4, -0.2) is 12.8 Å². The van der Waals surface area contributed by atoms with E-state index in [1.54, 1.807) is 12.1 Å². The Morgan fingerprint density at radius 1 is 1.35 bits per heavy atom. The van der Waals surface area contributed by atoms with Crippen molar-refractivity contribution in [1.82, 2.24) is 0 Å². The molecule has 1 aliphatic rings. The fraction of sp³-hybridized carbons (Fsp3) is 0.538. The summed E-state index contributed by atoms with van der Waals surface area (Å²) in [7, 11) is 0. The van der Waals surface area contributed by atoms with Gasteiger partial charge in [0, 0.05) is 0 Å². The SMILES string of the molecule is CC1CCCc2c(OCC(F)(F)F)cccc21. The monoisotopic (exact) mass is 244 g/mol. The lowest BCUT2D eigenvalue weighted by atomic mass is 9.83. The van der Waals surface area contributed by atoms with Gasteiger partial charge in [-0.3, -0.25) is 0 Å². The van der Waals surface area contributed by atoms with Gasteiger partial charge in [0.25, 0.3) is 0 Å². The van der Waals surface area contributed by atoms with Crippen LogP contribution >= 0.6 is 0 Å². The van der Waals surface area contributed by atoms with E-state index in [1.165, 1.54) is 0 Å². The molecule has 0 saturated heterocycles. The van der Waals surface area contributed by atoms with Gasteiger partial charge in [0.1, 0.15) is 5.75 Å². The summed E-state index contributed by atoms with van der Waals surface area (Å²) in [4.78, 5) is 0. The van der Waals surface area contributed by atoms with Gasteiger partial charge >= 0.3 is 6.18 Å². The third kappa shape index (κ3) is 2.93. The number of fused-ring (bicyclic) bond motifs is 1. The van der Waals surface area contributed by atoms with Gasteiger partial charge in [0.15, 0.2) is 6.61 Å². The molecule has 17 heavy (non-hydrogen) atoms. The zero-order chi connectivity index (χ0) is 12.5. The summed E-state index contributed by atoms with van der Waals surface area (Å²) in [5, 5.41) is 0. The van der Waals surface area contributed by atoms with Crippen molar-refractivity contribution in [3.63, 3.8) is 0 Å². The van der Waals surface area contributed by atoms with Crippen molar-refractivity contribution >= 4 is 0 Å². The van der Waals surface area contributed by atoms with Crippen LogP contribution in [0.1, 0.15) is 36.8 Å². The summed E-state index contributed by atoms with van der Waals surface area (Å²) in [6.45, 7) is 0.892. The third-order valence-corrected chi connectivity index (χ3v) is 3.16. The summed E-state index contributed by atoms with van der Waals surface area (Å²) < 4.78 is 41.3. The number of halogens is 3. The summed E-state index contributed by atoms with van der Waals surface area (Å²) in [5.74, 6) is 0.805. The van der Waals surface area contributed by atoms with E-state index in [-0.39, 0.29) is 0 Å². The second-order valence-corrected chi connectivity index (χ2v) is 4.52. The minimum atomic E-state index is -4.27. The normalized spacial score (nSPS) is 19.9. The van der Waals surface area contributed by atoms with Crippen molar-refractivity contribution in [3.05, 3.63) is 29.3 Å². The summed E-state index contributed by atoms with van der Waals surface area (Å²) in [6, 6.07) is 5.38. The van der Waals surface area contributed by atoms with E-state index < -0.39 is 12.8 Å². The first kappa shape index (κ1) is 12.3. The molecule has 0 amide bonds. The Kier molecular flexibility index (Phi) is 3.31. The molecule has 1 unspecified atom stereocenters. The molecule has 0 N–H and O–H groups in total. The second-order valence-electron chi connectivity index (χ2n) is 4.52. The molecule has 0 bridgehead atoms. The molecule has 0 heterocycles. The highest BCUT2D eigenvalue weighted by Crippen LogP contribution is 2.36. The van der Waals surface area contributed by atoms with Crippen LogP contribution in [0.2, 0.25) is 0 Å². The molecular weight excluding hydrogens is 229 g/mol. The minimum absolute atomic E-state index is 0.395. The summed E-state index contributed by atoms with van der Waals surface area (Å²) in [6.07, 6.45) is -1.35. The van der Waals surface area contributed by atoms with E-state index in [9.17, 15) is 13.2 Å². The molecule has 0 fully saturated rings. The molecule has 0 saturated carbocycles. The highest BCUT2D eigenvalue weighted by molar-refractivity contribution is 5.43. The van der Waals surface area contributed by atoms with Crippen LogP contribution in [0.4, 0.5) is 13.2 Å². The molecular formula is C13H15F3O. The molecule has 1 atom stereocenters. The molecule has 0 radical (unpaired) electrons. The van der Waals surface area contributed by atoms with Crippen LogP contribution in [0, 0.1) is 0 Å². The summed E-state index contributed by atoms with van der Waals surface area (Å²) >= 11 is 0. The van der Waals surface area contributed by atoms with Crippen molar-refractivity contribution in [1.29, 1.82) is 0 Å². The average molecular weight is 244 g/mol. The van der Waals surface area contributed by atoms with Gasteiger partial charge in [-0.15, -0.1) is 0 Å². The van der Waals surface area contributed by atoms with Crippen LogP contribution in [0.3, 0.4) is 0 Å². The maximum Gasteiger partial charge on any atom is 0.422 e. The third-order valence-electron chi connectivity index (χ3n) is 3.16. The maximum atomic E-state index is 12.1. The molecule has 1 aromatic carbocycles. The molecule has 4 heteroatoms. The van der Waals surface area contributed by atoms with Gasteiger partial charge in [-0.2, -0.15) is 13.2 Å². The largest absolute Gasteiger partial charge is 0.484 e. The zero-order valence-electron chi connectivity index (χ0n) is 9.68. The van der Waals surface area contributed by atoms with E-state index >= 15 is 0 Å².